The van der Waals surface area contributed by atoms with Gasteiger partial charge >= 0.3 is 0 Å². The molecule has 5 rings (SSSR count). The molecule has 0 spiro atoms. The molecule has 2 N–H and O–H groups in total. The van der Waals surface area contributed by atoms with Crippen molar-refractivity contribution < 1.29 is 4.79 Å². The van der Waals surface area contributed by atoms with Gasteiger partial charge in [0, 0.05) is 49.8 Å². The Hall–Kier alpha value is -3.22. The third-order valence-corrected chi connectivity index (χ3v) is 5.96. The maximum atomic E-state index is 11.6. The SMILES string of the molecule is NC(=O)C1CCN(c2nc(-c3ccc(N4CCCC4)cc3)cc3nccnc23)C1. The van der Waals surface area contributed by atoms with Gasteiger partial charge in [-0.3, -0.25) is 9.78 Å². The van der Waals surface area contributed by atoms with Crippen molar-refractivity contribution in [1.29, 1.82) is 0 Å². The molecule has 0 radical (unpaired) electrons. The average Bonchev–Trinajstić information content (AvgIpc) is 3.45. The van der Waals surface area contributed by atoms with Crippen molar-refractivity contribution in [1.82, 2.24) is 15.0 Å². The molecule has 2 aromatic heterocycles. The van der Waals surface area contributed by atoms with Crippen molar-refractivity contribution >= 4 is 28.4 Å². The molecule has 2 aliphatic rings. The minimum Gasteiger partial charge on any atom is -0.372 e. The van der Waals surface area contributed by atoms with Gasteiger partial charge in [0.15, 0.2) is 5.82 Å². The summed E-state index contributed by atoms with van der Waals surface area (Å²) in [7, 11) is 0. The van der Waals surface area contributed by atoms with Gasteiger partial charge in [-0.1, -0.05) is 12.1 Å². The van der Waals surface area contributed by atoms with Gasteiger partial charge in [-0.2, -0.15) is 0 Å². The number of amides is 1. The third kappa shape index (κ3) is 3.37. The number of benzene rings is 1. The predicted molar refractivity (Wildman–Crippen MR) is 114 cm³/mol. The molecule has 1 aromatic carbocycles. The van der Waals surface area contributed by atoms with Gasteiger partial charge in [-0.05, 0) is 37.5 Å². The van der Waals surface area contributed by atoms with E-state index in [4.69, 9.17) is 10.7 Å². The first-order valence-electron chi connectivity index (χ1n) is 10.2. The summed E-state index contributed by atoms with van der Waals surface area (Å²) in [5.74, 6) is 0.376. The molecule has 7 nitrogen and oxygen atoms in total. The van der Waals surface area contributed by atoms with Crippen LogP contribution in [0.5, 0.6) is 0 Å². The lowest BCUT2D eigenvalue weighted by Crippen LogP contribution is -2.28. The molecule has 7 heteroatoms. The van der Waals surface area contributed by atoms with Crippen molar-refractivity contribution in [2.24, 2.45) is 11.7 Å². The molecule has 1 atom stereocenters. The smallest absolute Gasteiger partial charge is 0.222 e. The fourth-order valence-corrected chi connectivity index (χ4v) is 4.33. The Labute approximate surface area is 169 Å². The van der Waals surface area contributed by atoms with Gasteiger partial charge in [0.2, 0.25) is 5.91 Å². The first-order chi connectivity index (χ1) is 14.2. The second-order valence-corrected chi connectivity index (χ2v) is 7.83. The topological polar surface area (TPSA) is 88.2 Å². The van der Waals surface area contributed by atoms with Crippen molar-refractivity contribution in [2.75, 3.05) is 36.0 Å². The van der Waals surface area contributed by atoms with E-state index < -0.39 is 0 Å². The van der Waals surface area contributed by atoms with Crippen LogP contribution in [0.1, 0.15) is 19.3 Å². The number of carbonyl (C=O) groups excluding carboxylic acids is 1. The van der Waals surface area contributed by atoms with Gasteiger partial charge in [-0.25, -0.2) is 9.97 Å². The van der Waals surface area contributed by atoms with Crippen LogP contribution in [0.3, 0.4) is 0 Å². The summed E-state index contributed by atoms with van der Waals surface area (Å²) in [6.07, 6.45) is 6.64. The first kappa shape index (κ1) is 17.8. The van der Waals surface area contributed by atoms with E-state index in [1.54, 1.807) is 12.4 Å². The fraction of sp³-hybridized carbons (Fsp3) is 0.364. The molecule has 3 aromatic rings. The number of hydrogen-bond acceptors (Lipinski definition) is 6. The summed E-state index contributed by atoms with van der Waals surface area (Å²) < 4.78 is 0. The lowest BCUT2D eigenvalue weighted by Gasteiger charge is -2.20. The molecule has 4 heterocycles. The Balaban J connectivity index is 1.52. The quantitative estimate of drug-likeness (QED) is 0.739. The van der Waals surface area contributed by atoms with Gasteiger partial charge < -0.3 is 15.5 Å². The van der Waals surface area contributed by atoms with Crippen LogP contribution in [-0.2, 0) is 4.79 Å². The summed E-state index contributed by atoms with van der Waals surface area (Å²) in [6.45, 7) is 3.57. The number of anilines is 2. The number of primary amides is 1. The number of aromatic nitrogens is 3. The van der Waals surface area contributed by atoms with E-state index in [1.165, 1.54) is 18.5 Å². The van der Waals surface area contributed by atoms with Crippen LogP contribution in [0.15, 0.2) is 42.7 Å². The molecule has 2 saturated heterocycles. The largest absolute Gasteiger partial charge is 0.372 e. The molecule has 1 amide bonds. The summed E-state index contributed by atoms with van der Waals surface area (Å²) in [6, 6.07) is 10.6. The Morgan fingerprint density at radius 3 is 2.48 bits per heavy atom. The summed E-state index contributed by atoms with van der Waals surface area (Å²) in [4.78, 5) is 30.1. The number of carbonyl (C=O) groups is 1. The zero-order valence-corrected chi connectivity index (χ0v) is 16.3. The molecular formula is C22H24N6O. The summed E-state index contributed by atoms with van der Waals surface area (Å²) in [5.41, 5.74) is 10.3. The Morgan fingerprint density at radius 1 is 1.00 bits per heavy atom. The van der Waals surface area contributed by atoms with Crippen LogP contribution in [0.25, 0.3) is 22.3 Å². The van der Waals surface area contributed by atoms with Crippen molar-refractivity contribution in [3.63, 3.8) is 0 Å². The number of fused-ring (bicyclic) bond motifs is 1. The zero-order valence-electron chi connectivity index (χ0n) is 16.3. The number of nitrogens with zero attached hydrogens (tertiary/aromatic N) is 5. The van der Waals surface area contributed by atoms with E-state index in [9.17, 15) is 4.79 Å². The Bertz CT molecular complexity index is 1040. The molecule has 1 unspecified atom stereocenters. The second-order valence-electron chi connectivity index (χ2n) is 7.83. The maximum Gasteiger partial charge on any atom is 0.222 e. The average molecular weight is 388 g/mol. The highest BCUT2D eigenvalue weighted by atomic mass is 16.1. The minimum atomic E-state index is -0.253. The highest BCUT2D eigenvalue weighted by Gasteiger charge is 2.29. The fourth-order valence-electron chi connectivity index (χ4n) is 4.33. The molecule has 0 bridgehead atoms. The summed E-state index contributed by atoms with van der Waals surface area (Å²) >= 11 is 0. The maximum absolute atomic E-state index is 11.6. The van der Waals surface area contributed by atoms with E-state index in [2.05, 4.69) is 44.0 Å². The zero-order chi connectivity index (χ0) is 19.8. The molecule has 148 valence electrons. The van der Waals surface area contributed by atoms with Crippen LogP contribution in [0.4, 0.5) is 11.5 Å². The van der Waals surface area contributed by atoms with Crippen LogP contribution < -0.4 is 15.5 Å². The molecule has 0 saturated carbocycles. The Kier molecular flexibility index (Phi) is 4.50. The van der Waals surface area contributed by atoms with Crippen molar-refractivity contribution in [2.45, 2.75) is 19.3 Å². The van der Waals surface area contributed by atoms with Gasteiger partial charge in [0.05, 0.1) is 17.1 Å². The highest BCUT2D eigenvalue weighted by Crippen LogP contribution is 2.32. The van der Waals surface area contributed by atoms with E-state index in [0.29, 0.717) is 6.54 Å². The van der Waals surface area contributed by atoms with Crippen molar-refractivity contribution in [3.8, 4) is 11.3 Å². The lowest BCUT2D eigenvalue weighted by atomic mass is 10.1. The normalized spacial score (nSPS) is 19.2. The highest BCUT2D eigenvalue weighted by molar-refractivity contribution is 5.90. The van der Waals surface area contributed by atoms with E-state index >= 15 is 0 Å². The van der Waals surface area contributed by atoms with Crippen LogP contribution in [0, 0.1) is 5.92 Å². The van der Waals surface area contributed by atoms with E-state index in [0.717, 1.165) is 54.2 Å². The van der Waals surface area contributed by atoms with E-state index in [1.807, 2.05) is 6.07 Å². The Morgan fingerprint density at radius 2 is 1.76 bits per heavy atom. The lowest BCUT2D eigenvalue weighted by molar-refractivity contribution is -0.121. The molecule has 0 aliphatic carbocycles. The molecule has 29 heavy (non-hydrogen) atoms. The second kappa shape index (κ2) is 7.31. The van der Waals surface area contributed by atoms with E-state index in [-0.39, 0.29) is 11.8 Å². The third-order valence-electron chi connectivity index (χ3n) is 5.96. The van der Waals surface area contributed by atoms with Crippen molar-refractivity contribution in [3.05, 3.63) is 42.7 Å². The standard InChI is InChI=1S/C22H24N6O/c23-21(29)16-7-12-28(14-16)22-20-19(24-8-9-25-20)13-18(26-22)15-3-5-17(6-4-15)27-10-1-2-11-27/h3-6,8-9,13,16H,1-2,7,10-12,14H2,(H2,23,29). The number of pyridine rings is 1. The number of hydrogen-bond donors (Lipinski definition) is 1. The van der Waals surface area contributed by atoms with Gasteiger partial charge in [0.1, 0.15) is 5.52 Å². The molecule has 2 aliphatic heterocycles. The summed E-state index contributed by atoms with van der Waals surface area (Å²) in [5, 5.41) is 0. The first-order valence-corrected chi connectivity index (χ1v) is 10.2. The van der Waals surface area contributed by atoms with Gasteiger partial charge in [0.25, 0.3) is 0 Å². The van der Waals surface area contributed by atoms with Crippen LogP contribution in [0.2, 0.25) is 0 Å². The predicted octanol–water partition coefficient (Wildman–Crippen LogP) is 2.60. The van der Waals surface area contributed by atoms with Gasteiger partial charge in [-0.15, -0.1) is 0 Å². The molecular weight excluding hydrogens is 364 g/mol. The monoisotopic (exact) mass is 388 g/mol. The van der Waals surface area contributed by atoms with Crippen LogP contribution in [-0.4, -0.2) is 47.0 Å². The minimum absolute atomic E-state index is 0.146. The number of nitrogens with two attached hydrogens (primary N) is 1. The van der Waals surface area contributed by atoms with Crippen LogP contribution >= 0.6 is 0 Å². The number of rotatable bonds is 4. The molecule has 2 fully saturated rings.